The first-order valence-corrected chi connectivity index (χ1v) is 12.6. The lowest BCUT2D eigenvalue weighted by atomic mass is 10.1. The van der Waals surface area contributed by atoms with Crippen LogP contribution in [0, 0.1) is 11.3 Å². The Morgan fingerprint density at radius 1 is 1.11 bits per heavy atom. The van der Waals surface area contributed by atoms with Gasteiger partial charge in [0.1, 0.15) is 23.1 Å². The van der Waals surface area contributed by atoms with Crippen molar-refractivity contribution in [3.05, 3.63) is 59.3 Å². The van der Waals surface area contributed by atoms with E-state index >= 15 is 0 Å². The van der Waals surface area contributed by atoms with E-state index in [0.29, 0.717) is 36.5 Å². The van der Waals surface area contributed by atoms with Crippen LogP contribution in [0.5, 0.6) is 17.4 Å². The maximum absolute atomic E-state index is 12.4. The van der Waals surface area contributed by atoms with Crippen LogP contribution in [0.1, 0.15) is 41.3 Å². The van der Waals surface area contributed by atoms with Crippen molar-refractivity contribution in [1.29, 1.82) is 5.26 Å². The van der Waals surface area contributed by atoms with Gasteiger partial charge in [-0.05, 0) is 43.7 Å². The predicted octanol–water partition coefficient (Wildman–Crippen LogP) is 4.55. The second kappa shape index (κ2) is 10.8. The van der Waals surface area contributed by atoms with Gasteiger partial charge in [-0.3, -0.25) is 4.79 Å². The molecule has 37 heavy (non-hydrogen) atoms. The van der Waals surface area contributed by atoms with Gasteiger partial charge < -0.3 is 24.6 Å². The average Bonchev–Trinajstić information content (AvgIpc) is 3.30. The highest BCUT2D eigenvalue weighted by Gasteiger charge is 2.25. The molecule has 9 heteroatoms. The van der Waals surface area contributed by atoms with Gasteiger partial charge >= 0.3 is 0 Å². The molecule has 1 aliphatic heterocycles. The summed E-state index contributed by atoms with van der Waals surface area (Å²) in [6, 6.07) is 13.6. The van der Waals surface area contributed by atoms with E-state index in [1.165, 1.54) is 6.20 Å². The van der Waals surface area contributed by atoms with Gasteiger partial charge in [-0.15, -0.1) is 0 Å². The molecule has 9 nitrogen and oxygen atoms in total. The summed E-state index contributed by atoms with van der Waals surface area (Å²) in [5.41, 5.74) is 3.53. The van der Waals surface area contributed by atoms with Gasteiger partial charge in [-0.1, -0.05) is 19.1 Å². The summed E-state index contributed by atoms with van der Waals surface area (Å²) < 4.78 is 12.1. The van der Waals surface area contributed by atoms with Crippen molar-refractivity contribution < 1.29 is 14.3 Å². The second-order valence-corrected chi connectivity index (χ2v) is 9.28. The number of benzene rings is 2. The molecule has 0 spiro atoms. The number of hydrogen-bond acceptors (Lipinski definition) is 9. The Bertz CT molecular complexity index is 1340. The zero-order valence-electron chi connectivity index (χ0n) is 21.2. The number of carbonyl (C=O) groups excluding carboxylic acids is 1. The molecule has 0 bridgehead atoms. The molecule has 1 aromatic heterocycles. The first kappa shape index (κ1) is 24.5. The van der Waals surface area contributed by atoms with Crippen molar-refractivity contribution in [3.63, 3.8) is 0 Å². The summed E-state index contributed by atoms with van der Waals surface area (Å²) in [5, 5.41) is 12.8. The molecule has 0 atom stereocenters. The minimum absolute atomic E-state index is 0.0367. The molecule has 2 aromatic carbocycles. The second-order valence-electron chi connectivity index (χ2n) is 9.28. The Hall–Kier alpha value is -4.16. The van der Waals surface area contributed by atoms with E-state index in [-0.39, 0.29) is 23.2 Å². The standard InChI is InChI=1S/C28H30N6O3/c1-3-15-36-25-16-21(34-13-11-33(2)12-14-34)8-9-22(25)31-28-30-18-20(17-29)27(32-28)37-24-6-4-5-19-7-10-23(35)26(19)24/h4-6,8-9,16,18H,3,7,10-15H2,1-2H3,(H,30,31,32). The maximum atomic E-state index is 12.4. The first-order chi connectivity index (χ1) is 18.1. The van der Waals surface area contributed by atoms with Gasteiger partial charge in [0, 0.05) is 44.4 Å². The molecule has 3 aromatic rings. The van der Waals surface area contributed by atoms with Gasteiger partial charge in [0.25, 0.3) is 0 Å². The number of hydrogen-bond donors (Lipinski definition) is 1. The molecule has 1 aliphatic carbocycles. The minimum atomic E-state index is 0.0367. The number of nitriles is 1. The summed E-state index contributed by atoms with van der Waals surface area (Å²) >= 11 is 0. The van der Waals surface area contributed by atoms with Gasteiger partial charge in [-0.25, -0.2) is 4.98 Å². The third-order valence-corrected chi connectivity index (χ3v) is 6.64. The number of Topliss-reactive ketones (excluding diaryl/α,β-unsaturated/α-hetero) is 1. The number of aromatic nitrogens is 2. The fraction of sp³-hybridized carbons (Fsp3) is 0.357. The average molecular weight is 499 g/mol. The zero-order valence-corrected chi connectivity index (χ0v) is 21.2. The number of likely N-dealkylation sites (N-methyl/N-ethyl adjacent to an activating group) is 1. The molecule has 0 amide bonds. The molecular weight excluding hydrogens is 468 g/mol. The van der Waals surface area contributed by atoms with Crippen molar-refractivity contribution in [2.75, 3.05) is 50.1 Å². The van der Waals surface area contributed by atoms with Crippen LogP contribution in [-0.4, -0.2) is 60.5 Å². The Labute approximate surface area is 216 Å². The van der Waals surface area contributed by atoms with Crippen LogP contribution < -0.4 is 19.7 Å². The number of ether oxygens (including phenoxy) is 2. The van der Waals surface area contributed by atoms with E-state index in [2.05, 4.69) is 51.2 Å². The lowest BCUT2D eigenvalue weighted by Gasteiger charge is -2.34. The van der Waals surface area contributed by atoms with Gasteiger partial charge in [0.15, 0.2) is 5.78 Å². The van der Waals surface area contributed by atoms with E-state index < -0.39 is 0 Å². The summed E-state index contributed by atoms with van der Waals surface area (Å²) in [5.74, 6) is 1.51. The van der Waals surface area contributed by atoms with E-state index in [1.807, 2.05) is 24.3 Å². The van der Waals surface area contributed by atoms with Crippen LogP contribution in [0.25, 0.3) is 0 Å². The van der Waals surface area contributed by atoms with Gasteiger partial charge in [0.2, 0.25) is 11.8 Å². The molecule has 1 N–H and O–H groups in total. The van der Waals surface area contributed by atoms with Crippen LogP contribution in [0.3, 0.4) is 0 Å². The molecule has 190 valence electrons. The molecule has 1 saturated heterocycles. The number of anilines is 3. The van der Waals surface area contributed by atoms with Crippen molar-refractivity contribution in [3.8, 4) is 23.4 Å². The van der Waals surface area contributed by atoms with Crippen molar-refractivity contribution in [2.24, 2.45) is 0 Å². The SMILES string of the molecule is CCCOc1cc(N2CCN(C)CC2)ccc1Nc1ncc(C#N)c(Oc2cccc3c2C(=O)CC3)n1. The summed E-state index contributed by atoms with van der Waals surface area (Å²) in [4.78, 5) is 25.9. The van der Waals surface area contributed by atoms with E-state index in [4.69, 9.17) is 9.47 Å². The number of nitrogens with zero attached hydrogens (tertiary/aromatic N) is 5. The van der Waals surface area contributed by atoms with E-state index in [0.717, 1.165) is 49.5 Å². The summed E-state index contributed by atoms with van der Waals surface area (Å²) in [6.45, 7) is 6.60. The Balaban J connectivity index is 1.42. The normalized spacial score (nSPS) is 15.3. The predicted molar refractivity (Wildman–Crippen MR) is 141 cm³/mol. The Morgan fingerprint density at radius 3 is 2.73 bits per heavy atom. The lowest BCUT2D eigenvalue weighted by molar-refractivity contribution is 0.0992. The minimum Gasteiger partial charge on any atom is -0.491 e. The van der Waals surface area contributed by atoms with Gasteiger partial charge in [0.05, 0.1) is 24.1 Å². The zero-order chi connectivity index (χ0) is 25.8. The molecular formula is C28H30N6O3. The van der Waals surface area contributed by atoms with Crippen LogP contribution in [0.4, 0.5) is 17.3 Å². The summed E-state index contributed by atoms with van der Waals surface area (Å²) in [6.07, 6.45) is 3.45. The third-order valence-electron chi connectivity index (χ3n) is 6.64. The topological polar surface area (TPSA) is 104 Å². The van der Waals surface area contributed by atoms with Crippen molar-refractivity contribution in [1.82, 2.24) is 14.9 Å². The molecule has 0 saturated carbocycles. The van der Waals surface area contributed by atoms with Crippen LogP contribution in [0.2, 0.25) is 0 Å². The number of piperazine rings is 1. The highest BCUT2D eigenvalue weighted by Crippen LogP contribution is 2.35. The number of nitrogens with one attached hydrogen (secondary N) is 1. The lowest BCUT2D eigenvalue weighted by Crippen LogP contribution is -2.44. The van der Waals surface area contributed by atoms with Gasteiger partial charge in [-0.2, -0.15) is 10.2 Å². The molecule has 0 radical (unpaired) electrons. The highest BCUT2D eigenvalue weighted by molar-refractivity contribution is 6.03. The molecule has 0 unspecified atom stereocenters. The fourth-order valence-corrected chi connectivity index (χ4v) is 4.57. The monoisotopic (exact) mass is 498 g/mol. The van der Waals surface area contributed by atoms with E-state index in [9.17, 15) is 10.1 Å². The Morgan fingerprint density at radius 2 is 1.95 bits per heavy atom. The smallest absolute Gasteiger partial charge is 0.242 e. The maximum Gasteiger partial charge on any atom is 0.242 e. The Kier molecular flexibility index (Phi) is 7.19. The quantitative estimate of drug-likeness (QED) is 0.479. The number of rotatable bonds is 8. The number of ketones is 1. The number of carbonyl (C=O) groups is 1. The van der Waals surface area contributed by atoms with Crippen molar-refractivity contribution in [2.45, 2.75) is 26.2 Å². The third kappa shape index (κ3) is 5.34. The number of fused-ring (bicyclic) bond motifs is 1. The van der Waals surface area contributed by atoms with Crippen LogP contribution in [0.15, 0.2) is 42.6 Å². The van der Waals surface area contributed by atoms with E-state index in [1.54, 1.807) is 6.07 Å². The van der Waals surface area contributed by atoms with Crippen LogP contribution >= 0.6 is 0 Å². The molecule has 2 aliphatic rings. The molecule has 5 rings (SSSR count). The fourth-order valence-electron chi connectivity index (χ4n) is 4.57. The number of aryl methyl sites for hydroxylation is 1. The first-order valence-electron chi connectivity index (χ1n) is 12.6. The molecule has 1 fully saturated rings. The largest absolute Gasteiger partial charge is 0.491 e. The summed E-state index contributed by atoms with van der Waals surface area (Å²) in [7, 11) is 2.14. The van der Waals surface area contributed by atoms with Crippen LogP contribution in [-0.2, 0) is 6.42 Å². The highest BCUT2D eigenvalue weighted by atomic mass is 16.5. The molecule has 2 heterocycles. The van der Waals surface area contributed by atoms with Crippen molar-refractivity contribution >= 4 is 23.1 Å².